The van der Waals surface area contributed by atoms with Crippen molar-refractivity contribution < 1.29 is 9.59 Å². The maximum absolute atomic E-state index is 12.2. The predicted octanol–water partition coefficient (Wildman–Crippen LogP) is 2.94. The van der Waals surface area contributed by atoms with Crippen molar-refractivity contribution in [3.05, 3.63) is 58.6 Å². The Kier molecular flexibility index (Phi) is 4.99. The van der Waals surface area contributed by atoms with Crippen LogP contribution in [0.2, 0.25) is 0 Å². The van der Waals surface area contributed by atoms with Gasteiger partial charge in [0.1, 0.15) is 6.54 Å². The number of hydrogen-bond acceptors (Lipinski definition) is 5. The Morgan fingerprint density at radius 3 is 2.60 bits per heavy atom. The van der Waals surface area contributed by atoms with Crippen molar-refractivity contribution in [2.24, 2.45) is 0 Å². The highest BCUT2D eigenvalue weighted by molar-refractivity contribution is 9.10. The maximum atomic E-state index is 12.2. The molecule has 0 aliphatic carbocycles. The molecular formula is C17H14BrN5O2. The molecule has 0 unspecified atom stereocenters. The van der Waals surface area contributed by atoms with Gasteiger partial charge in [-0.15, -0.1) is 10.2 Å². The largest absolute Gasteiger partial charge is 0.324 e. The van der Waals surface area contributed by atoms with Gasteiger partial charge < -0.3 is 5.32 Å². The molecule has 0 spiro atoms. The first-order chi connectivity index (χ1) is 12.0. The van der Waals surface area contributed by atoms with Crippen LogP contribution in [-0.4, -0.2) is 31.9 Å². The van der Waals surface area contributed by atoms with Crippen molar-refractivity contribution in [1.82, 2.24) is 20.2 Å². The van der Waals surface area contributed by atoms with Crippen LogP contribution in [0, 0.1) is 0 Å². The van der Waals surface area contributed by atoms with E-state index in [1.807, 2.05) is 24.3 Å². The minimum Gasteiger partial charge on any atom is -0.324 e. The zero-order valence-corrected chi connectivity index (χ0v) is 14.9. The minimum absolute atomic E-state index is 0.107. The van der Waals surface area contributed by atoms with Gasteiger partial charge in [-0.05, 0) is 36.4 Å². The van der Waals surface area contributed by atoms with Gasteiger partial charge in [0.2, 0.25) is 11.7 Å². The lowest BCUT2D eigenvalue weighted by molar-refractivity contribution is -0.117. The van der Waals surface area contributed by atoms with Crippen LogP contribution in [0.4, 0.5) is 5.69 Å². The number of ketones is 1. The van der Waals surface area contributed by atoms with E-state index in [1.54, 1.807) is 24.3 Å². The normalized spacial score (nSPS) is 10.5. The minimum atomic E-state index is -0.343. The van der Waals surface area contributed by atoms with Gasteiger partial charge in [-0.25, -0.2) is 0 Å². The number of para-hydroxylation sites is 1. The Hall–Kier alpha value is -2.87. The molecule has 3 aromatic rings. The number of nitrogens with zero attached hydrogens (tertiary/aromatic N) is 4. The molecule has 0 fully saturated rings. The van der Waals surface area contributed by atoms with Crippen LogP contribution in [0.5, 0.6) is 0 Å². The fourth-order valence-corrected chi connectivity index (χ4v) is 2.74. The summed E-state index contributed by atoms with van der Waals surface area (Å²) in [4.78, 5) is 25.0. The first-order valence-corrected chi connectivity index (χ1v) is 8.26. The Bertz CT molecular complexity index is 938. The van der Waals surface area contributed by atoms with Gasteiger partial charge in [0.15, 0.2) is 5.78 Å². The average molecular weight is 400 g/mol. The van der Waals surface area contributed by atoms with E-state index in [1.165, 1.54) is 11.7 Å². The van der Waals surface area contributed by atoms with E-state index in [4.69, 9.17) is 0 Å². The molecule has 2 aromatic carbocycles. The summed E-state index contributed by atoms with van der Waals surface area (Å²) in [5.74, 6) is -0.0415. The summed E-state index contributed by atoms with van der Waals surface area (Å²) in [6.07, 6.45) is 0. The molecule has 0 radical (unpaired) electrons. The molecule has 3 rings (SSSR count). The number of carbonyl (C=O) groups is 2. The zero-order chi connectivity index (χ0) is 17.8. The second kappa shape index (κ2) is 7.35. The fraction of sp³-hybridized carbons (Fsp3) is 0.118. The van der Waals surface area contributed by atoms with Gasteiger partial charge in [-0.3, -0.25) is 9.59 Å². The number of carbonyl (C=O) groups excluding carboxylic acids is 2. The van der Waals surface area contributed by atoms with E-state index >= 15 is 0 Å². The Balaban J connectivity index is 1.73. The molecule has 1 N–H and O–H groups in total. The Morgan fingerprint density at radius 2 is 1.84 bits per heavy atom. The SMILES string of the molecule is CC(=O)c1ccccc1NC(=O)Cn1nnc(-c2ccccc2Br)n1. The van der Waals surface area contributed by atoms with Crippen LogP contribution >= 0.6 is 15.9 Å². The number of hydrogen-bond donors (Lipinski definition) is 1. The number of anilines is 1. The molecule has 25 heavy (non-hydrogen) atoms. The van der Waals surface area contributed by atoms with Crippen LogP contribution in [-0.2, 0) is 11.3 Å². The van der Waals surface area contributed by atoms with Gasteiger partial charge in [0, 0.05) is 15.6 Å². The molecule has 0 atom stereocenters. The summed E-state index contributed by atoms with van der Waals surface area (Å²) in [5.41, 5.74) is 1.71. The molecule has 0 saturated heterocycles. The number of aromatic nitrogens is 4. The Morgan fingerprint density at radius 1 is 1.12 bits per heavy atom. The summed E-state index contributed by atoms with van der Waals surface area (Å²) in [7, 11) is 0. The van der Waals surface area contributed by atoms with Crippen LogP contribution in [0.15, 0.2) is 53.0 Å². The summed E-state index contributed by atoms with van der Waals surface area (Å²) in [6.45, 7) is 1.34. The monoisotopic (exact) mass is 399 g/mol. The lowest BCUT2D eigenvalue weighted by atomic mass is 10.1. The lowest BCUT2D eigenvalue weighted by Gasteiger charge is -2.08. The molecule has 7 nitrogen and oxygen atoms in total. The summed E-state index contributed by atoms with van der Waals surface area (Å²) in [5, 5.41) is 14.8. The summed E-state index contributed by atoms with van der Waals surface area (Å²) >= 11 is 3.43. The van der Waals surface area contributed by atoms with Crippen LogP contribution < -0.4 is 5.32 Å². The molecule has 1 aromatic heterocycles. The number of benzene rings is 2. The van der Waals surface area contributed by atoms with E-state index in [0.717, 1.165) is 10.0 Å². The number of tetrazole rings is 1. The van der Waals surface area contributed by atoms with Gasteiger partial charge in [-0.1, -0.05) is 40.2 Å². The van der Waals surface area contributed by atoms with Crippen molar-refractivity contribution in [3.63, 3.8) is 0 Å². The third kappa shape index (κ3) is 3.97. The third-order valence-electron chi connectivity index (χ3n) is 3.43. The molecule has 0 bridgehead atoms. The second-order valence-electron chi connectivity index (χ2n) is 5.27. The topological polar surface area (TPSA) is 89.8 Å². The molecule has 0 saturated carbocycles. The van der Waals surface area contributed by atoms with Crippen molar-refractivity contribution in [2.45, 2.75) is 13.5 Å². The second-order valence-corrected chi connectivity index (χ2v) is 6.13. The molecule has 1 heterocycles. The number of Topliss-reactive ketones (excluding diaryl/α,β-unsaturated/α-hetero) is 1. The summed E-state index contributed by atoms with van der Waals surface area (Å²) < 4.78 is 0.842. The smallest absolute Gasteiger partial charge is 0.248 e. The average Bonchev–Trinajstić information content (AvgIpc) is 3.03. The van der Waals surface area contributed by atoms with Gasteiger partial charge in [0.05, 0.1) is 5.69 Å². The maximum Gasteiger partial charge on any atom is 0.248 e. The zero-order valence-electron chi connectivity index (χ0n) is 13.3. The number of nitrogens with one attached hydrogen (secondary N) is 1. The van der Waals surface area contributed by atoms with Crippen LogP contribution in [0.25, 0.3) is 11.4 Å². The molecule has 1 amide bonds. The fourth-order valence-electron chi connectivity index (χ4n) is 2.28. The molecule has 126 valence electrons. The van der Waals surface area contributed by atoms with Crippen molar-refractivity contribution in [2.75, 3.05) is 5.32 Å². The van der Waals surface area contributed by atoms with E-state index < -0.39 is 0 Å². The number of halogens is 1. The van der Waals surface area contributed by atoms with Crippen LogP contribution in [0.1, 0.15) is 17.3 Å². The highest BCUT2D eigenvalue weighted by Crippen LogP contribution is 2.24. The first kappa shape index (κ1) is 17.0. The molecule has 0 aliphatic rings. The van der Waals surface area contributed by atoms with Crippen molar-refractivity contribution in [3.8, 4) is 11.4 Å². The predicted molar refractivity (Wildman–Crippen MR) is 96.0 cm³/mol. The van der Waals surface area contributed by atoms with Crippen molar-refractivity contribution >= 4 is 33.3 Å². The summed E-state index contributed by atoms with van der Waals surface area (Å²) in [6, 6.07) is 14.3. The quantitative estimate of drug-likeness (QED) is 0.666. The molecular weight excluding hydrogens is 386 g/mol. The highest BCUT2D eigenvalue weighted by Gasteiger charge is 2.13. The first-order valence-electron chi connectivity index (χ1n) is 7.47. The molecule has 0 aliphatic heterocycles. The number of amides is 1. The standard InChI is InChI=1S/C17H14BrN5O2/c1-11(24)12-6-3-5-9-15(12)19-16(25)10-23-21-17(20-22-23)13-7-2-4-8-14(13)18/h2-9H,10H2,1H3,(H,19,25). The van der Waals surface area contributed by atoms with Gasteiger partial charge >= 0.3 is 0 Å². The van der Waals surface area contributed by atoms with E-state index in [-0.39, 0.29) is 18.2 Å². The van der Waals surface area contributed by atoms with E-state index in [0.29, 0.717) is 17.1 Å². The Labute approximate surface area is 152 Å². The van der Waals surface area contributed by atoms with Crippen LogP contribution in [0.3, 0.4) is 0 Å². The van der Waals surface area contributed by atoms with Crippen molar-refractivity contribution in [1.29, 1.82) is 0 Å². The number of rotatable bonds is 5. The van der Waals surface area contributed by atoms with Gasteiger partial charge in [-0.2, -0.15) is 4.80 Å². The van der Waals surface area contributed by atoms with E-state index in [2.05, 4.69) is 36.7 Å². The van der Waals surface area contributed by atoms with E-state index in [9.17, 15) is 9.59 Å². The molecule has 8 heteroatoms. The highest BCUT2D eigenvalue weighted by atomic mass is 79.9. The van der Waals surface area contributed by atoms with Gasteiger partial charge in [0.25, 0.3) is 0 Å². The third-order valence-corrected chi connectivity index (χ3v) is 4.12. The lowest BCUT2D eigenvalue weighted by Crippen LogP contribution is -2.21.